The molecule has 3 aromatic carbocycles. The number of rotatable bonds is 4. The van der Waals surface area contributed by atoms with Crippen LogP contribution in [-0.2, 0) is 16.0 Å². The van der Waals surface area contributed by atoms with E-state index in [0.29, 0.717) is 30.2 Å². The fraction of sp³-hybridized carbons (Fsp3) is 0.179. The summed E-state index contributed by atoms with van der Waals surface area (Å²) in [5.41, 5.74) is 1.88. The highest BCUT2D eigenvalue weighted by Crippen LogP contribution is 2.45. The first-order valence-corrected chi connectivity index (χ1v) is 12.6. The van der Waals surface area contributed by atoms with Gasteiger partial charge in [-0.25, -0.2) is 9.37 Å². The Labute approximate surface area is 215 Å². The number of hydrogen-bond donors (Lipinski definition) is 1. The van der Waals surface area contributed by atoms with Gasteiger partial charge in [0.1, 0.15) is 30.8 Å². The molecular weight excluding hydrogens is 495 g/mol. The zero-order valence-electron chi connectivity index (χ0n) is 19.7. The van der Waals surface area contributed by atoms with E-state index in [9.17, 15) is 14.7 Å². The van der Waals surface area contributed by atoms with Crippen LogP contribution in [-0.4, -0.2) is 35.0 Å². The van der Waals surface area contributed by atoms with Crippen LogP contribution in [0.3, 0.4) is 0 Å². The van der Waals surface area contributed by atoms with Crippen molar-refractivity contribution in [3.05, 3.63) is 88.7 Å². The minimum absolute atomic E-state index is 0.0781. The van der Waals surface area contributed by atoms with Crippen molar-refractivity contribution in [1.29, 1.82) is 0 Å². The number of ketones is 1. The van der Waals surface area contributed by atoms with Gasteiger partial charge < -0.3 is 14.6 Å². The summed E-state index contributed by atoms with van der Waals surface area (Å²) in [5.74, 6) is -1.93. The smallest absolute Gasteiger partial charge is 0.301 e. The molecule has 2 aliphatic rings. The first-order chi connectivity index (χ1) is 18.0. The lowest BCUT2D eigenvalue weighted by molar-refractivity contribution is -0.132. The van der Waals surface area contributed by atoms with Crippen LogP contribution < -0.4 is 14.4 Å². The number of fused-ring (bicyclic) bond motifs is 2. The molecule has 2 aliphatic heterocycles. The van der Waals surface area contributed by atoms with Crippen molar-refractivity contribution in [3.8, 4) is 11.5 Å². The molecule has 0 bridgehead atoms. The second kappa shape index (κ2) is 9.01. The van der Waals surface area contributed by atoms with E-state index in [4.69, 9.17) is 9.47 Å². The molecule has 0 aliphatic carbocycles. The van der Waals surface area contributed by atoms with E-state index in [1.165, 1.54) is 34.4 Å². The van der Waals surface area contributed by atoms with Gasteiger partial charge in [0.2, 0.25) is 0 Å². The molecule has 1 N–H and O–H groups in total. The number of carbonyl (C=O) groups excluding carboxylic acids is 2. The molecule has 0 radical (unpaired) electrons. The third-order valence-electron chi connectivity index (χ3n) is 6.52. The summed E-state index contributed by atoms with van der Waals surface area (Å²) < 4.78 is 27.1. The van der Waals surface area contributed by atoms with Crippen LogP contribution >= 0.6 is 11.3 Å². The Morgan fingerprint density at radius 1 is 1.08 bits per heavy atom. The molecule has 186 valence electrons. The van der Waals surface area contributed by atoms with E-state index in [1.807, 2.05) is 25.1 Å². The summed E-state index contributed by atoms with van der Waals surface area (Å²) in [6.45, 7) is 2.78. The van der Waals surface area contributed by atoms with Crippen molar-refractivity contribution < 1.29 is 28.6 Å². The van der Waals surface area contributed by atoms with Crippen LogP contribution in [0.1, 0.15) is 29.7 Å². The highest BCUT2D eigenvalue weighted by atomic mass is 32.1. The number of aromatic nitrogens is 1. The third-order valence-corrected chi connectivity index (χ3v) is 7.53. The number of nitrogens with zero attached hydrogens (tertiary/aromatic N) is 2. The van der Waals surface area contributed by atoms with Gasteiger partial charge in [0.15, 0.2) is 16.6 Å². The Kier molecular flexibility index (Phi) is 5.64. The summed E-state index contributed by atoms with van der Waals surface area (Å²) in [6, 6.07) is 15.2. The second-order valence-electron chi connectivity index (χ2n) is 8.70. The minimum atomic E-state index is -1.21. The number of halogens is 1. The first-order valence-electron chi connectivity index (χ1n) is 11.8. The van der Waals surface area contributed by atoms with Gasteiger partial charge in [-0.05, 0) is 48.4 Å². The quantitative estimate of drug-likeness (QED) is 0.222. The molecule has 9 heteroatoms. The summed E-state index contributed by atoms with van der Waals surface area (Å²) in [4.78, 5) is 32.6. The maximum Gasteiger partial charge on any atom is 0.301 e. The maximum absolute atomic E-state index is 15.1. The van der Waals surface area contributed by atoms with Crippen molar-refractivity contribution >= 4 is 44.1 Å². The highest BCUT2D eigenvalue weighted by Gasteiger charge is 2.49. The molecule has 1 unspecified atom stereocenters. The van der Waals surface area contributed by atoms with Gasteiger partial charge in [-0.2, -0.15) is 0 Å². The molecule has 6 rings (SSSR count). The van der Waals surface area contributed by atoms with E-state index >= 15 is 4.39 Å². The van der Waals surface area contributed by atoms with E-state index in [0.717, 1.165) is 16.7 Å². The molecular formula is C28H21FN2O5S. The van der Waals surface area contributed by atoms with Crippen LogP contribution in [0.25, 0.3) is 16.0 Å². The van der Waals surface area contributed by atoms with Crippen LogP contribution in [0.15, 0.2) is 66.2 Å². The number of benzene rings is 3. The molecule has 1 saturated heterocycles. The van der Waals surface area contributed by atoms with E-state index in [2.05, 4.69) is 4.98 Å². The normalized spacial score (nSPS) is 18.5. The lowest BCUT2D eigenvalue weighted by atomic mass is 9.95. The Morgan fingerprint density at radius 2 is 1.86 bits per heavy atom. The summed E-state index contributed by atoms with van der Waals surface area (Å²) in [5, 5.41) is 11.6. The van der Waals surface area contributed by atoms with E-state index < -0.39 is 29.3 Å². The predicted octanol–water partition coefficient (Wildman–Crippen LogP) is 5.40. The zero-order chi connectivity index (χ0) is 25.7. The standard InChI is InChI=1S/C28H21FN2O5S/c1-2-15-7-9-19-22(13-15)37-28(30-19)31-24(17-5-3-4-6-18(17)29)23(26(33)27(31)34)25(32)16-8-10-20-21(14-16)36-12-11-35-20/h3-10,13-14,24,32H,2,11-12H2,1H3/b25-23+. The lowest BCUT2D eigenvalue weighted by Crippen LogP contribution is -2.29. The number of amides is 1. The van der Waals surface area contributed by atoms with Crippen LogP contribution in [0.4, 0.5) is 9.52 Å². The topological polar surface area (TPSA) is 89.0 Å². The minimum Gasteiger partial charge on any atom is -0.507 e. The molecule has 1 amide bonds. The van der Waals surface area contributed by atoms with E-state index in [1.54, 1.807) is 24.3 Å². The van der Waals surface area contributed by atoms with Crippen molar-refractivity contribution in [1.82, 2.24) is 4.98 Å². The number of aryl methyl sites for hydroxylation is 1. The SMILES string of the molecule is CCc1ccc2nc(N3C(=O)C(=O)/C(=C(/O)c4ccc5c(c4)OCCO5)C3c3ccccc3F)sc2c1. The lowest BCUT2D eigenvalue weighted by Gasteiger charge is -2.23. The predicted molar refractivity (Wildman–Crippen MR) is 138 cm³/mol. The number of hydrogen-bond acceptors (Lipinski definition) is 7. The number of aliphatic hydroxyl groups is 1. The van der Waals surface area contributed by atoms with Gasteiger partial charge in [-0.15, -0.1) is 0 Å². The summed E-state index contributed by atoms with van der Waals surface area (Å²) in [6.07, 6.45) is 0.832. The van der Waals surface area contributed by atoms with Crippen LogP contribution in [0, 0.1) is 5.82 Å². The largest absolute Gasteiger partial charge is 0.507 e. The number of Topliss-reactive ketones (excluding diaryl/α,β-unsaturated/α-hetero) is 1. The van der Waals surface area contributed by atoms with Gasteiger partial charge in [-0.3, -0.25) is 14.5 Å². The molecule has 1 fully saturated rings. The molecule has 0 spiro atoms. The molecule has 7 nitrogen and oxygen atoms in total. The number of carbonyl (C=O) groups is 2. The van der Waals surface area contributed by atoms with Gasteiger partial charge in [0.25, 0.3) is 5.78 Å². The van der Waals surface area contributed by atoms with Gasteiger partial charge >= 0.3 is 5.91 Å². The van der Waals surface area contributed by atoms with Crippen molar-refractivity contribution in [2.45, 2.75) is 19.4 Å². The molecule has 4 aromatic rings. The zero-order valence-corrected chi connectivity index (χ0v) is 20.5. The number of aliphatic hydroxyl groups excluding tert-OH is 1. The Morgan fingerprint density at radius 3 is 2.65 bits per heavy atom. The van der Waals surface area contributed by atoms with Crippen molar-refractivity contribution in [2.24, 2.45) is 0 Å². The maximum atomic E-state index is 15.1. The molecule has 0 saturated carbocycles. The Hall–Kier alpha value is -4.24. The average molecular weight is 517 g/mol. The average Bonchev–Trinajstić information content (AvgIpc) is 3.45. The Balaban J connectivity index is 1.54. The number of ether oxygens (including phenoxy) is 2. The number of thiazole rings is 1. The van der Waals surface area contributed by atoms with Crippen LogP contribution in [0.5, 0.6) is 11.5 Å². The second-order valence-corrected chi connectivity index (χ2v) is 9.71. The van der Waals surface area contributed by atoms with E-state index in [-0.39, 0.29) is 21.8 Å². The molecule has 3 heterocycles. The summed E-state index contributed by atoms with van der Waals surface area (Å²) in [7, 11) is 0. The molecule has 1 atom stereocenters. The van der Waals surface area contributed by atoms with Gasteiger partial charge in [0.05, 0.1) is 15.8 Å². The third kappa shape index (κ3) is 3.82. The highest BCUT2D eigenvalue weighted by molar-refractivity contribution is 7.22. The molecule has 1 aromatic heterocycles. The fourth-order valence-electron chi connectivity index (χ4n) is 4.65. The first kappa shape index (κ1) is 23.2. The van der Waals surface area contributed by atoms with Gasteiger partial charge in [-0.1, -0.05) is 42.5 Å². The van der Waals surface area contributed by atoms with Crippen LogP contribution in [0.2, 0.25) is 0 Å². The monoisotopic (exact) mass is 516 g/mol. The number of anilines is 1. The van der Waals surface area contributed by atoms with Gasteiger partial charge in [0, 0.05) is 11.1 Å². The van der Waals surface area contributed by atoms with Crippen molar-refractivity contribution in [3.63, 3.8) is 0 Å². The Bertz CT molecular complexity index is 1610. The molecule has 37 heavy (non-hydrogen) atoms. The summed E-state index contributed by atoms with van der Waals surface area (Å²) >= 11 is 1.24. The van der Waals surface area contributed by atoms with Crippen molar-refractivity contribution in [2.75, 3.05) is 18.1 Å². The fourth-order valence-corrected chi connectivity index (χ4v) is 5.70.